The quantitative estimate of drug-likeness (QED) is 0.553. The Morgan fingerprint density at radius 2 is 1.33 bits per heavy atom. The molecule has 0 aromatic carbocycles. The van der Waals surface area contributed by atoms with Gasteiger partial charge in [0.1, 0.15) is 0 Å². The highest BCUT2D eigenvalue weighted by Gasteiger charge is 2.00. The molecule has 0 fully saturated rings. The van der Waals surface area contributed by atoms with E-state index in [1.807, 2.05) is 13.8 Å². The molecule has 1 heteroatoms. The van der Waals surface area contributed by atoms with Crippen LogP contribution < -0.4 is 0 Å². The summed E-state index contributed by atoms with van der Waals surface area (Å²) in [5.41, 5.74) is 0. The molecule has 0 aliphatic carbocycles. The van der Waals surface area contributed by atoms with E-state index in [4.69, 9.17) is 0 Å². The van der Waals surface area contributed by atoms with E-state index in [0.717, 1.165) is 11.8 Å². The molecule has 0 saturated heterocycles. The zero-order chi connectivity index (χ0) is 10.6. The monoisotopic (exact) mass is 170 g/mol. The van der Waals surface area contributed by atoms with Crippen molar-refractivity contribution in [1.82, 2.24) is 0 Å². The van der Waals surface area contributed by atoms with Crippen molar-refractivity contribution in [2.45, 2.75) is 61.2 Å². The minimum atomic E-state index is 0.880. The first-order valence-electron chi connectivity index (χ1n) is 5.24. The van der Waals surface area contributed by atoms with E-state index in [-0.39, 0.29) is 0 Å². The molecule has 74 valence electrons. The van der Waals surface area contributed by atoms with Crippen molar-refractivity contribution in [3.8, 4) is 0 Å². The molecular formula is C11H27B. The fourth-order valence-electron chi connectivity index (χ4n) is 0.971. The normalized spacial score (nSPS) is 10.7. The molecule has 1 unspecified atom stereocenters. The fourth-order valence-corrected chi connectivity index (χ4v) is 0.971. The van der Waals surface area contributed by atoms with E-state index in [1.165, 1.54) is 19.7 Å². The van der Waals surface area contributed by atoms with Gasteiger partial charge >= 0.3 is 0 Å². The largest absolute Gasteiger partial charge is 0.0999 e. The smallest absolute Gasteiger partial charge is 0.0606 e. The topological polar surface area (TPSA) is 0 Å². The summed E-state index contributed by atoms with van der Waals surface area (Å²) in [6, 6.07) is 0. The van der Waals surface area contributed by atoms with Crippen LogP contribution in [0.3, 0.4) is 0 Å². The standard InChI is InChI=1S/C8H18.C2H6.CH3B/c1-5-8(4)6-7(2)3;2*1-2/h7-8H,5-6H2,1-4H3;1-2H3;1H3. The molecule has 12 heavy (non-hydrogen) atoms. The summed E-state index contributed by atoms with van der Waals surface area (Å²) < 4.78 is 0. The van der Waals surface area contributed by atoms with Crippen LogP contribution in [0.4, 0.5) is 0 Å². The second-order valence-electron chi connectivity index (χ2n) is 3.14. The van der Waals surface area contributed by atoms with Crippen molar-refractivity contribution in [3.05, 3.63) is 0 Å². The van der Waals surface area contributed by atoms with Crippen molar-refractivity contribution in [2.24, 2.45) is 11.8 Å². The van der Waals surface area contributed by atoms with Gasteiger partial charge in [-0.2, -0.15) is 0 Å². The Labute approximate surface area is 81.6 Å². The average Bonchev–Trinajstić information content (AvgIpc) is 2.10. The molecule has 0 saturated carbocycles. The van der Waals surface area contributed by atoms with Crippen molar-refractivity contribution < 1.29 is 0 Å². The van der Waals surface area contributed by atoms with Crippen LogP contribution in [0.5, 0.6) is 0 Å². The van der Waals surface area contributed by atoms with E-state index >= 15 is 0 Å². The summed E-state index contributed by atoms with van der Waals surface area (Å²) in [4.78, 5) is 0. The molecule has 2 radical (unpaired) electrons. The predicted octanol–water partition coefficient (Wildman–Crippen LogP) is 4.31. The van der Waals surface area contributed by atoms with E-state index < -0.39 is 0 Å². The lowest BCUT2D eigenvalue weighted by molar-refractivity contribution is 0.429. The number of hydrogen-bond acceptors (Lipinski definition) is 0. The lowest BCUT2D eigenvalue weighted by Gasteiger charge is -2.09. The Bertz CT molecular complexity index is 51.0. The molecule has 0 nitrogen and oxygen atoms in total. The molecule has 0 aliphatic rings. The Balaban J connectivity index is -0.000000175. The summed E-state index contributed by atoms with van der Waals surface area (Å²) in [6.07, 6.45) is 2.72. The predicted molar refractivity (Wildman–Crippen MR) is 61.9 cm³/mol. The number of rotatable bonds is 3. The molecule has 1 atom stereocenters. The van der Waals surface area contributed by atoms with Crippen molar-refractivity contribution in [1.29, 1.82) is 0 Å². The van der Waals surface area contributed by atoms with Gasteiger partial charge in [0, 0.05) is 0 Å². The van der Waals surface area contributed by atoms with Gasteiger partial charge in [0.15, 0.2) is 0 Å². The van der Waals surface area contributed by atoms with Gasteiger partial charge in [0.25, 0.3) is 0 Å². The van der Waals surface area contributed by atoms with Gasteiger partial charge in [0.05, 0.1) is 7.85 Å². The SMILES string of the molecule is CC.CCC(C)CC(C)C.[B]C. The zero-order valence-electron chi connectivity index (χ0n) is 10.1. The van der Waals surface area contributed by atoms with Gasteiger partial charge in [-0.05, 0) is 18.3 Å². The maximum atomic E-state index is 4.50. The minimum Gasteiger partial charge on any atom is -0.0999 e. The Morgan fingerprint density at radius 3 is 1.42 bits per heavy atom. The molecule has 0 bridgehead atoms. The third-order valence-electron chi connectivity index (χ3n) is 1.57. The Hall–Kier alpha value is 0.0649. The van der Waals surface area contributed by atoms with Crippen LogP contribution in [0.1, 0.15) is 54.4 Å². The molecule has 0 aromatic heterocycles. The second kappa shape index (κ2) is 17.2. The van der Waals surface area contributed by atoms with Gasteiger partial charge in [-0.3, -0.25) is 0 Å². The first-order chi connectivity index (χ1) is 5.66. The molecule has 0 aliphatic heterocycles. The molecule has 0 amide bonds. The highest BCUT2D eigenvalue weighted by Crippen LogP contribution is 2.12. The van der Waals surface area contributed by atoms with Crippen LogP contribution >= 0.6 is 0 Å². The summed E-state index contributed by atoms with van der Waals surface area (Å²) in [5.74, 6) is 1.81. The van der Waals surface area contributed by atoms with Gasteiger partial charge in [-0.15, -0.1) is 0 Å². The summed E-state index contributed by atoms with van der Waals surface area (Å²) in [5, 5.41) is 0. The molecular weight excluding hydrogens is 143 g/mol. The first-order valence-corrected chi connectivity index (χ1v) is 5.24. The van der Waals surface area contributed by atoms with Gasteiger partial charge < -0.3 is 0 Å². The summed E-state index contributed by atoms with van der Waals surface area (Å²) in [6.45, 7) is 14.6. The third kappa shape index (κ3) is 22.5. The third-order valence-corrected chi connectivity index (χ3v) is 1.57. The first kappa shape index (κ1) is 18.0. The maximum Gasteiger partial charge on any atom is 0.0606 e. The molecule has 0 spiro atoms. The summed E-state index contributed by atoms with van der Waals surface area (Å²) >= 11 is 0. The van der Waals surface area contributed by atoms with E-state index in [9.17, 15) is 0 Å². The van der Waals surface area contributed by atoms with Crippen LogP contribution in [-0.4, -0.2) is 7.85 Å². The highest BCUT2D eigenvalue weighted by atomic mass is 14.1. The minimum absolute atomic E-state index is 0.880. The Morgan fingerprint density at radius 1 is 1.00 bits per heavy atom. The van der Waals surface area contributed by atoms with E-state index in [1.54, 1.807) is 0 Å². The van der Waals surface area contributed by atoms with Gasteiger partial charge in [0.2, 0.25) is 0 Å². The van der Waals surface area contributed by atoms with E-state index in [2.05, 4.69) is 35.5 Å². The molecule has 0 heterocycles. The number of hydrogen-bond donors (Lipinski definition) is 0. The second-order valence-corrected chi connectivity index (χ2v) is 3.14. The average molecular weight is 170 g/mol. The summed E-state index contributed by atoms with van der Waals surface area (Å²) in [7, 11) is 4.50. The van der Waals surface area contributed by atoms with Gasteiger partial charge in [-0.25, -0.2) is 0 Å². The molecule has 0 N–H and O–H groups in total. The highest BCUT2D eigenvalue weighted by molar-refractivity contribution is 6.05. The molecule has 0 aromatic rings. The molecule has 0 rings (SSSR count). The lowest BCUT2D eigenvalue weighted by Crippen LogP contribution is -1.97. The van der Waals surface area contributed by atoms with Gasteiger partial charge in [-0.1, -0.05) is 54.8 Å². The zero-order valence-corrected chi connectivity index (χ0v) is 10.1. The maximum absolute atomic E-state index is 4.50. The Kier molecular flexibility index (Phi) is 25.8. The lowest BCUT2D eigenvalue weighted by atomic mass is 9.97. The van der Waals surface area contributed by atoms with E-state index in [0.29, 0.717) is 0 Å². The van der Waals surface area contributed by atoms with Crippen LogP contribution in [0.25, 0.3) is 0 Å². The van der Waals surface area contributed by atoms with Crippen molar-refractivity contribution in [3.63, 3.8) is 0 Å². The van der Waals surface area contributed by atoms with Crippen LogP contribution in [0, 0.1) is 11.8 Å². The van der Waals surface area contributed by atoms with Crippen LogP contribution in [0.2, 0.25) is 6.82 Å². The fraction of sp³-hybridized carbons (Fsp3) is 1.00. The van der Waals surface area contributed by atoms with Crippen LogP contribution in [-0.2, 0) is 0 Å². The van der Waals surface area contributed by atoms with Crippen molar-refractivity contribution >= 4 is 7.85 Å². The van der Waals surface area contributed by atoms with Crippen molar-refractivity contribution in [2.75, 3.05) is 0 Å². The van der Waals surface area contributed by atoms with Crippen LogP contribution in [0.15, 0.2) is 0 Å².